The number of fused-ring (bicyclic) bond motifs is 3. The number of benzene rings is 1. The molecule has 2 aromatic rings. The molecular formula is C22H26FN3O. The second-order valence-corrected chi connectivity index (χ2v) is 7.73. The normalized spacial score (nSPS) is 16.5. The monoisotopic (exact) mass is 367 g/mol. The number of hydrogen-bond acceptors (Lipinski definition) is 3. The van der Waals surface area contributed by atoms with Crippen molar-refractivity contribution >= 4 is 11.7 Å². The molecule has 1 amide bonds. The van der Waals surface area contributed by atoms with E-state index in [2.05, 4.69) is 5.32 Å². The van der Waals surface area contributed by atoms with Gasteiger partial charge in [-0.15, -0.1) is 0 Å². The van der Waals surface area contributed by atoms with Crippen LogP contribution in [0.25, 0.3) is 11.3 Å². The maximum atomic E-state index is 13.5. The van der Waals surface area contributed by atoms with Crippen molar-refractivity contribution in [2.75, 3.05) is 5.32 Å². The Morgan fingerprint density at radius 2 is 2.00 bits per heavy atom. The highest BCUT2D eigenvalue weighted by Gasteiger charge is 2.23. The van der Waals surface area contributed by atoms with Crippen molar-refractivity contribution in [2.45, 2.75) is 64.7 Å². The van der Waals surface area contributed by atoms with Crippen molar-refractivity contribution in [1.82, 2.24) is 9.97 Å². The number of nitrogens with zero attached hydrogens (tertiary/aromatic N) is 2. The van der Waals surface area contributed by atoms with E-state index in [4.69, 9.17) is 9.97 Å². The largest absolute Gasteiger partial charge is 0.309 e. The zero-order chi connectivity index (χ0) is 18.8. The number of aromatic nitrogens is 2. The number of anilines is 1. The Balaban J connectivity index is 1.58. The van der Waals surface area contributed by atoms with Crippen LogP contribution < -0.4 is 5.32 Å². The van der Waals surface area contributed by atoms with Gasteiger partial charge in [-0.05, 0) is 61.8 Å². The van der Waals surface area contributed by atoms with Crippen LogP contribution in [0.1, 0.15) is 62.4 Å². The first-order valence-corrected chi connectivity index (χ1v) is 10.1. The molecule has 0 atom stereocenters. The fourth-order valence-corrected chi connectivity index (χ4v) is 4.33. The molecule has 4 rings (SSSR count). The van der Waals surface area contributed by atoms with E-state index in [1.54, 1.807) is 12.1 Å². The van der Waals surface area contributed by atoms with Crippen molar-refractivity contribution in [3.8, 4) is 11.3 Å². The maximum absolute atomic E-state index is 13.5. The van der Waals surface area contributed by atoms with E-state index in [0.717, 1.165) is 47.5 Å². The predicted molar refractivity (Wildman–Crippen MR) is 104 cm³/mol. The van der Waals surface area contributed by atoms with Gasteiger partial charge >= 0.3 is 0 Å². The highest BCUT2D eigenvalue weighted by Crippen LogP contribution is 2.33. The summed E-state index contributed by atoms with van der Waals surface area (Å²) in [4.78, 5) is 22.1. The SMILES string of the molecule is CCc1nc2c(nc1NC(=O)CC1CCCCC1)CCc1cc(F)ccc1-2. The van der Waals surface area contributed by atoms with Crippen LogP contribution in [0.4, 0.5) is 10.2 Å². The quantitative estimate of drug-likeness (QED) is 0.840. The lowest BCUT2D eigenvalue weighted by atomic mass is 9.87. The number of carbonyl (C=O) groups excluding carboxylic acids is 1. The summed E-state index contributed by atoms with van der Waals surface area (Å²) < 4.78 is 13.5. The molecule has 0 aliphatic heterocycles. The number of amides is 1. The van der Waals surface area contributed by atoms with E-state index < -0.39 is 0 Å². The average molecular weight is 367 g/mol. The van der Waals surface area contributed by atoms with Crippen LogP contribution in [0, 0.1) is 11.7 Å². The fraction of sp³-hybridized carbons (Fsp3) is 0.500. The van der Waals surface area contributed by atoms with Gasteiger partial charge in [0.15, 0.2) is 5.82 Å². The molecular weight excluding hydrogens is 341 g/mol. The van der Waals surface area contributed by atoms with Crippen molar-refractivity contribution in [3.63, 3.8) is 0 Å². The van der Waals surface area contributed by atoms with Gasteiger partial charge in [0.25, 0.3) is 0 Å². The lowest BCUT2D eigenvalue weighted by Crippen LogP contribution is -2.21. The first kappa shape index (κ1) is 18.1. The molecule has 5 heteroatoms. The second-order valence-electron chi connectivity index (χ2n) is 7.73. The lowest BCUT2D eigenvalue weighted by Gasteiger charge is -2.22. The standard InChI is InChI=1S/C22H26FN3O/c1-2-18-22(26-20(27)12-14-6-4-3-5-7-14)25-19-11-8-15-13-16(23)9-10-17(15)21(19)24-18/h9-10,13-14H,2-8,11-12H2,1H3,(H,25,26,27). The Bertz CT molecular complexity index is 859. The van der Waals surface area contributed by atoms with Gasteiger partial charge in [0.2, 0.25) is 5.91 Å². The Labute approximate surface area is 159 Å². The third-order valence-electron chi connectivity index (χ3n) is 5.79. The first-order valence-electron chi connectivity index (χ1n) is 10.1. The van der Waals surface area contributed by atoms with Gasteiger partial charge < -0.3 is 5.32 Å². The summed E-state index contributed by atoms with van der Waals surface area (Å²) in [6.45, 7) is 2.02. The third kappa shape index (κ3) is 3.87. The van der Waals surface area contributed by atoms with Crippen LogP contribution in [0.5, 0.6) is 0 Å². The molecule has 2 aliphatic carbocycles. The molecule has 1 aromatic heterocycles. The van der Waals surface area contributed by atoms with Crippen LogP contribution in [0.3, 0.4) is 0 Å². The van der Waals surface area contributed by atoms with Crippen LogP contribution in [0.2, 0.25) is 0 Å². The molecule has 142 valence electrons. The second kappa shape index (κ2) is 7.75. The highest BCUT2D eigenvalue weighted by molar-refractivity contribution is 5.90. The first-order chi connectivity index (χ1) is 13.1. The topological polar surface area (TPSA) is 54.9 Å². The fourth-order valence-electron chi connectivity index (χ4n) is 4.33. The summed E-state index contributed by atoms with van der Waals surface area (Å²) in [6.07, 6.45) is 8.78. The molecule has 0 radical (unpaired) electrons. The van der Waals surface area contributed by atoms with Crippen molar-refractivity contribution in [3.05, 3.63) is 41.0 Å². The third-order valence-corrected chi connectivity index (χ3v) is 5.79. The van der Waals surface area contributed by atoms with Gasteiger partial charge in [0.05, 0.1) is 17.1 Å². The van der Waals surface area contributed by atoms with Crippen molar-refractivity contribution in [1.29, 1.82) is 0 Å². The summed E-state index contributed by atoms with van der Waals surface area (Å²) in [6, 6.07) is 4.85. The Kier molecular flexibility index (Phi) is 5.19. The van der Waals surface area contributed by atoms with E-state index in [0.29, 0.717) is 31.0 Å². The number of rotatable bonds is 4. The minimum Gasteiger partial charge on any atom is -0.309 e. The average Bonchev–Trinajstić information content (AvgIpc) is 2.67. The highest BCUT2D eigenvalue weighted by atomic mass is 19.1. The van der Waals surface area contributed by atoms with Gasteiger partial charge in [-0.2, -0.15) is 0 Å². The van der Waals surface area contributed by atoms with Gasteiger partial charge in [0, 0.05) is 12.0 Å². The molecule has 0 spiro atoms. The van der Waals surface area contributed by atoms with E-state index in [1.807, 2.05) is 6.92 Å². The van der Waals surface area contributed by atoms with Crippen LogP contribution in [0.15, 0.2) is 18.2 Å². The Morgan fingerprint density at radius 1 is 1.19 bits per heavy atom. The maximum Gasteiger partial charge on any atom is 0.225 e. The number of hydrogen-bond donors (Lipinski definition) is 1. The molecule has 1 heterocycles. The Morgan fingerprint density at radius 3 is 2.78 bits per heavy atom. The number of carbonyl (C=O) groups is 1. The van der Waals surface area contributed by atoms with E-state index in [1.165, 1.54) is 25.3 Å². The summed E-state index contributed by atoms with van der Waals surface area (Å²) in [7, 11) is 0. The smallest absolute Gasteiger partial charge is 0.225 e. The molecule has 0 bridgehead atoms. The predicted octanol–water partition coefficient (Wildman–Crippen LogP) is 4.85. The molecule has 2 aliphatic rings. The van der Waals surface area contributed by atoms with Gasteiger partial charge in [-0.1, -0.05) is 26.2 Å². The van der Waals surface area contributed by atoms with Gasteiger partial charge in [0.1, 0.15) is 5.82 Å². The van der Waals surface area contributed by atoms with Crippen molar-refractivity contribution in [2.24, 2.45) is 5.92 Å². The number of nitrogens with one attached hydrogen (secondary N) is 1. The van der Waals surface area contributed by atoms with Crippen molar-refractivity contribution < 1.29 is 9.18 Å². The number of halogens is 1. The van der Waals surface area contributed by atoms with E-state index in [-0.39, 0.29) is 11.7 Å². The van der Waals surface area contributed by atoms with Gasteiger partial charge in [-0.3, -0.25) is 4.79 Å². The molecule has 0 unspecified atom stereocenters. The Hall–Kier alpha value is -2.30. The number of aryl methyl sites for hydroxylation is 3. The molecule has 4 nitrogen and oxygen atoms in total. The molecule has 1 N–H and O–H groups in total. The molecule has 27 heavy (non-hydrogen) atoms. The van der Waals surface area contributed by atoms with E-state index >= 15 is 0 Å². The zero-order valence-corrected chi connectivity index (χ0v) is 15.9. The summed E-state index contributed by atoms with van der Waals surface area (Å²) in [5.74, 6) is 0.926. The summed E-state index contributed by atoms with van der Waals surface area (Å²) >= 11 is 0. The van der Waals surface area contributed by atoms with E-state index in [9.17, 15) is 9.18 Å². The minimum absolute atomic E-state index is 0.0455. The van der Waals surface area contributed by atoms with Crippen LogP contribution in [-0.2, 0) is 24.1 Å². The van der Waals surface area contributed by atoms with Crippen LogP contribution in [-0.4, -0.2) is 15.9 Å². The molecule has 0 saturated heterocycles. The molecule has 1 aromatic carbocycles. The summed E-state index contributed by atoms with van der Waals surface area (Å²) in [5, 5.41) is 3.02. The minimum atomic E-state index is -0.215. The summed E-state index contributed by atoms with van der Waals surface area (Å²) in [5.41, 5.74) is 4.45. The lowest BCUT2D eigenvalue weighted by molar-refractivity contribution is -0.117. The van der Waals surface area contributed by atoms with Gasteiger partial charge in [-0.25, -0.2) is 14.4 Å². The zero-order valence-electron chi connectivity index (χ0n) is 15.9. The molecule has 1 fully saturated rings. The molecule has 1 saturated carbocycles. The van der Waals surface area contributed by atoms with Crippen LogP contribution >= 0.6 is 0 Å².